The van der Waals surface area contributed by atoms with E-state index in [-0.39, 0.29) is 13.2 Å². The van der Waals surface area contributed by atoms with Gasteiger partial charge in [0.1, 0.15) is 6.61 Å². The van der Waals surface area contributed by atoms with Gasteiger partial charge in [0.25, 0.3) is 0 Å². The minimum atomic E-state index is -0.541. The van der Waals surface area contributed by atoms with Crippen LogP contribution in [0.5, 0.6) is 0 Å². The van der Waals surface area contributed by atoms with Crippen LogP contribution in [0.1, 0.15) is 11.5 Å². The third kappa shape index (κ3) is 4.87. The smallest absolute Gasteiger partial charge is 0.407 e. The van der Waals surface area contributed by atoms with E-state index in [9.17, 15) is 4.79 Å². The Labute approximate surface area is 168 Å². The fourth-order valence-corrected chi connectivity index (χ4v) is 2.80. The number of alkyl carbamates (subject to hydrolysis) is 1. The summed E-state index contributed by atoms with van der Waals surface area (Å²) in [5.74, 6) is 0.711. The molecule has 0 spiro atoms. The van der Waals surface area contributed by atoms with Crippen LogP contribution in [0.3, 0.4) is 0 Å². The summed E-state index contributed by atoms with van der Waals surface area (Å²) in [6, 6.07) is 27.5. The van der Waals surface area contributed by atoms with Crippen LogP contribution >= 0.6 is 0 Å². The van der Waals surface area contributed by atoms with Crippen LogP contribution in [-0.4, -0.2) is 16.3 Å². The monoisotopic (exact) mass is 385 g/mol. The van der Waals surface area contributed by atoms with Crippen molar-refractivity contribution in [2.75, 3.05) is 0 Å². The topological polar surface area (TPSA) is 77.3 Å². The van der Waals surface area contributed by atoms with Crippen molar-refractivity contribution in [1.29, 1.82) is 0 Å². The van der Waals surface area contributed by atoms with Gasteiger partial charge in [-0.25, -0.2) is 4.79 Å². The average molecular weight is 385 g/mol. The lowest BCUT2D eigenvalue weighted by molar-refractivity contribution is 0.138. The number of carbonyl (C=O) groups is 1. The summed E-state index contributed by atoms with van der Waals surface area (Å²) >= 11 is 0. The Morgan fingerprint density at radius 2 is 1.41 bits per heavy atom. The average Bonchev–Trinajstić information content (AvgIpc) is 3.27. The maximum atomic E-state index is 11.8. The Morgan fingerprint density at radius 1 is 0.793 bits per heavy atom. The molecule has 0 fully saturated rings. The number of benzene rings is 3. The van der Waals surface area contributed by atoms with Gasteiger partial charge >= 0.3 is 6.09 Å². The van der Waals surface area contributed by atoms with E-state index in [1.54, 1.807) is 0 Å². The van der Waals surface area contributed by atoms with Crippen molar-refractivity contribution in [3.8, 4) is 22.6 Å². The van der Waals surface area contributed by atoms with Crippen molar-refractivity contribution in [1.82, 2.24) is 15.5 Å². The van der Waals surface area contributed by atoms with Crippen LogP contribution in [0.4, 0.5) is 4.79 Å². The quantitative estimate of drug-likeness (QED) is 0.514. The van der Waals surface area contributed by atoms with Crippen molar-refractivity contribution in [3.05, 3.63) is 96.4 Å². The lowest BCUT2D eigenvalue weighted by atomic mass is 10.0. The molecule has 1 heterocycles. The van der Waals surface area contributed by atoms with Gasteiger partial charge in [0.2, 0.25) is 11.8 Å². The van der Waals surface area contributed by atoms with E-state index in [0.717, 1.165) is 22.3 Å². The summed E-state index contributed by atoms with van der Waals surface area (Å²) in [7, 11) is 0. The van der Waals surface area contributed by atoms with Gasteiger partial charge < -0.3 is 14.5 Å². The first kappa shape index (κ1) is 18.4. The summed E-state index contributed by atoms with van der Waals surface area (Å²) in [5.41, 5.74) is 3.98. The van der Waals surface area contributed by atoms with E-state index in [0.29, 0.717) is 11.8 Å². The van der Waals surface area contributed by atoms with Gasteiger partial charge in [0, 0.05) is 5.56 Å². The van der Waals surface area contributed by atoms with Gasteiger partial charge in [0.15, 0.2) is 0 Å². The Hall–Kier alpha value is -3.93. The zero-order chi connectivity index (χ0) is 19.9. The third-order valence-electron chi connectivity index (χ3n) is 4.30. The lowest BCUT2D eigenvalue weighted by Crippen LogP contribution is -2.23. The SMILES string of the molecule is O=C(NCc1nnc(-c2ccc(-c3ccccc3)cc2)o1)OCc1ccccc1. The highest BCUT2D eigenvalue weighted by Gasteiger charge is 2.11. The van der Waals surface area contributed by atoms with Crippen molar-refractivity contribution in [3.63, 3.8) is 0 Å². The van der Waals surface area contributed by atoms with Crippen LogP contribution in [0.15, 0.2) is 89.3 Å². The Balaban J connectivity index is 1.32. The molecule has 3 aromatic carbocycles. The Morgan fingerprint density at radius 3 is 2.14 bits per heavy atom. The van der Waals surface area contributed by atoms with E-state index >= 15 is 0 Å². The fraction of sp³-hybridized carbons (Fsp3) is 0.0870. The van der Waals surface area contributed by atoms with Crippen LogP contribution in [0.2, 0.25) is 0 Å². The van der Waals surface area contributed by atoms with E-state index in [1.165, 1.54) is 0 Å². The van der Waals surface area contributed by atoms with Gasteiger partial charge in [-0.15, -0.1) is 10.2 Å². The number of amides is 1. The number of ether oxygens (including phenoxy) is 1. The van der Waals surface area contributed by atoms with Crippen molar-refractivity contribution in [2.24, 2.45) is 0 Å². The molecule has 6 nitrogen and oxygen atoms in total. The zero-order valence-corrected chi connectivity index (χ0v) is 15.6. The molecular weight excluding hydrogens is 366 g/mol. The number of hydrogen-bond donors (Lipinski definition) is 1. The molecule has 144 valence electrons. The molecule has 6 heteroatoms. The summed E-state index contributed by atoms with van der Waals surface area (Å²) in [4.78, 5) is 11.8. The highest BCUT2D eigenvalue weighted by molar-refractivity contribution is 5.67. The minimum absolute atomic E-state index is 0.0999. The molecule has 0 atom stereocenters. The van der Waals surface area contributed by atoms with Crippen LogP contribution in [-0.2, 0) is 17.9 Å². The molecule has 1 amide bonds. The van der Waals surface area contributed by atoms with Gasteiger partial charge in [-0.3, -0.25) is 0 Å². The number of carbonyl (C=O) groups excluding carboxylic acids is 1. The Bertz CT molecular complexity index is 1060. The number of nitrogens with one attached hydrogen (secondary N) is 1. The standard InChI is InChI=1S/C23H19N3O3/c27-23(28-16-17-7-3-1-4-8-17)24-15-21-25-26-22(29-21)20-13-11-19(12-14-20)18-9-5-2-6-10-18/h1-14H,15-16H2,(H,24,27). The molecule has 0 aliphatic rings. The van der Waals surface area contributed by atoms with Gasteiger partial charge in [0.05, 0.1) is 6.54 Å². The first-order chi connectivity index (χ1) is 14.3. The molecule has 0 bridgehead atoms. The predicted octanol–water partition coefficient (Wildman–Crippen LogP) is 4.83. The highest BCUT2D eigenvalue weighted by atomic mass is 16.5. The highest BCUT2D eigenvalue weighted by Crippen LogP contribution is 2.24. The molecule has 1 N–H and O–H groups in total. The second-order valence-electron chi connectivity index (χ2n) is 6.36. The van der Waals surface area contributed by atoms with E-state index in [4.69, 9.17) is 9.15 Å². The molecule has 4 rings (SSSR count). The van der Waals surface area contributed by atoms with E-state index in [1.807, 2.05) is 72.8 Å². The molecule has 0 saturated carbocycles. The molecule has 0 saturated heterocycles. The predicted molar refractivity (Wildman–Crippen MR) is 109 cm³/mol. The third-order valence-corrected chi connectivity index (χ3v) is 4.30. The van der Waals surface area contributed by atoms with Crippen molar-refractivity contribution in [2.45, 2.75) is 13.2 Å². The second kappa shape index (κ2) is 8.84. The number of nitrogens with zero attached hydrogens (tertiary/aromatic N) is 2. The summed E-state index contributed by atoms with van der Waals surface area (Å²) in [6.45, 7) is 0.304. The number of hydrogen-bond acceptors (Lipinski definition) is 5. The second-order valence-corrected chi connectivity index (χ2v) is 6.36. The number of aromatic nitrogens is 2. The Kier molecular flexibility index (Phi) is 5.62. The maximum absolute atomic E-state index is 11.8. The van der Waals surface area contributed by atoms with Gasteiger partial charge in [-0.05, 0) is 28.8 Å². The van der Waals surface area contributed by atoms with Crippen LogP contribution in [0, 0.1) is 0 Å². The molecule has 1 aromatic heterocycles. The van der Waals surface area contributed by atoms with E-state index in [2.05, 4.69) is 27.6 Å². The maximum Gasteiger partial charge on any atom is 0.407 e. The minimum Gasteiger partial charge on any atom is -0.445 e. The van der Waals surface area contributed by atoms with Crippen molar-refractivity contribution >= 4 is 6.09 Å². The first-order valence-corrected chi connectivity index (χ1v) is 9.21. The van der Waals surface area contributed by atoms with Crippen molar-refractivity contribution < 1.29 is 13.9 Å². The normalized spacial score (nSPS) is 10.5. The van der Waals surface area contributed by atoms with Gasteiger partial charge in [-0.2, -0.15) is 0 Å². The van der Waals surface area contributed by atoms with Crippen LogP contribution < -0.4 is 5.32 Å². The fourth-order valence-electron chi connectivity index (χ4n) is 2.80. The molecule has 0 unspecified atom stereocenters. The van der Waals surface area contributed by atoms with E-state index < -0.39 is 6.09 Å². The van der Waals surface area contributed by atoms with Crippen LogP contribution in [0.25, 0.3) is 22.6 Å². The first-order valence-electron chi connectivity index (χ1n) is 9.21. The summed E-state index contributed by atoms with van der Waals surface area (Å²) < 4.78 is 10.8. The molecule has 0 radical (unpaired) electrons. The molecule has 0 aliphatic carbocycles. The zero-order valence-electron chi connectivity index (χ0n) is 15.6. The lowest BCUT2D eigenvalue weighted by Gasteiger charge is -2.05. The molecule has 4 aromatic rings. The van der Waals surface area contributed by atoms with Gasteiger partial charge in [-0.1, -0.05) is 72.8 Å². The largest absolute Gasteiger partial charge is 0.445 e. The summed E-state index contributed by atoms with van der Waals surface area (Å²) in [6.07, 6.45) is -0.541. The number of rotatable bonds is 6. The molecule has 29 heavy (non-hydrogen) atoms. The summed E-state index contributed by atoms with van der Waals surface area (Å²) in [5, 5.41) is 10.6. The molecule has 0 aliphatic heterocycles. The molecular formula is C23H19N3O3.